The summed E-state index contributed by atoms with van der Waals surface area (Å²) in [7, 11) is 3.18. The number of guanidine groups is 1. The minimum Gasteiger partial charge on any atom is -0.497 e. The molecule has 152 valence electrons. The highest BCUT2D eigenvalue weighted by Gasteiger charge is 2.41. The Morgan fingerprint density at radius 2 is 2.15 bits per heavy atom. The molecule has 1 aromatic rings. The molecule has 7 nitrogen and oxygen atoms in total. The van der Waals surface area contributed by atoms with E-state index in [2.05, 4.69) is 15.6 Å². The lowest BCUT2D eigenvalue weighted by Crippen LogP contribution is -2.47. The Kier molecular flexibility index (Phi) is 8.43. The first-order valence-corrected chi connectivity index (χ1v) is 9.24. The second-order valence-corrected chi connectivity index (χ2v) is 6.70. The Balaban J connectivity index is 0.00000261. The highest BCUT2D eigenvalue weighted by Crippen LogP contribution is 2.34. The maximum Gasteiger partial charge on any atom is 0.191 e. The third-order valence-corrected chi connectivity index (χ3v) is 4.99. The van der Waals surface area contributed by atoms with Crippen molar-refractivity contribution in [2.45, 2.75) is 50.5 Å². The van der Waals surface area contributed by atoms with E-state index in [1.54, 1.807) is 32.4 Å². The molecule has 0 aromatic heterocycles. The maximum absolute atomic E-state index is 10.6. The number of nitrogens with one attached hydrogen (secondary N) is 2. The number of nitrogens with zero attached hydrogens (tertiary/aromatic N) is 1. The number of hydrogen-bond donors (Lipinski definition) is 3. The quantitative estimate of drug-likeness (QED) is 0.308. The minimum absolute atomic E-state index is 0. The Morgan fingerprint density at radius 1 is 1.33 bits per heavy atom. The summed E-state index contributed by atoms with van der Waals surface area (Å²) in [4.78, 5) is 4.56. The third-order valence-electron chi connectivity index (χ3n) is 4.99. The third kappa shape index (κ3) is 5.39. The lowest BCUT2D eigenvalue weighted by molar-refractivity contribution is 0.0992. The molecule has 0 aliphatic carbocycles. The molecule has 2 fully saturated rings. The highest BCUT2D eigenvalue weighted by molar-refractivity contribution is 14.0. The van der Waals surface area contributed by atoms with Crippen molar-refractivity contribution in [3.05, 3.63) is 23.8 Å². The first-order valence-electron chi connectivity index (χ1n) is 9.24. The van der Waals surface area contributed by atoms with E-state index < -0.39 is 6.10 Å². The van der Waals surface area contributed by atoms with Crippen LogP contribution >= 0.6 is 24.0 Å². The van der Waals surface area contributed by atoms with E-state index in [1.807, 2.05) is 6.92 Å². The van der Waals surface area contributed by atoms with Crippen LogP contribution in [0.4, 0.5) is 0 Å². The number of fused-ring (bicyclic) bond motifs is 2. The van der Waals surface area contributed by atoms with Crippen LogP contribution in [0.1, 0.15) is 37.9 Å². The molecule has 2 heterocycles. The molecule has 3 N–H and O–H groups in total. The van der Waals surface area contributed by atoms with E-state index in [0.29, 0.717) is 29.1 Å². The van der Waals surface area contributed by atoms with Gasteiger partial charge in [0.1, 0.15) is 17.6 Å². The summed E-state index contributed by atoms with van der Waals surface area (Å²) in [6.45, 7) is 3.00. The number of aliphatic hydroxyl groups is 1. The van der Waals surface area contributed by atoms with Gasteiger partial charge in [0.2, 0.25) is 0 Å². The maximum atomic E-state index is 10.6. The SMILES string of the molecule is CCNC(=NCC(O)c1cc(OC)ccc1OC)NC1CC2CCC1O2.I. The Hall–Kier alpha value is -1.26. The van der Waals surface area contributed by atoms with Crippen LogP contribution < -0.4 is 20.1 Å². The molecule has 2 aliphatic rings. The van der Waals surface area contributed by atoms with Crippen LogP contribution in [0.5, 0.6) is 11.5 Å². The van der Waals surface area contributed by atoms with Crippen LogP contribution in [0.2, 0.25) is 0 Å². The van der Waals surface area contributed by atoms with Gasteiger partial charge in [-0.3, -0.25) is 4.99 Å². The number of aliphatic hydroxyl groups excluding tert-OH is 1. The van der Waals surface area contributed by atoms with Gasteiger partial charge in [-0.15, -0.1) is 24.0 Å². The smallest absolute Gasteiger partial charge is 0.191 e. The first-order chi connectivity index (χ1) is 12.6. The van der Waals surface area contributed by atoms with Crippen LogP contribution in [0.25, 0.3) is 0 Å². The molecule has 1 aromatic carbocycles. The zero-order valence-corrected chi connectivity index (χ0v) is 18.4. The zero-order chi connectivity index (χ0) is 18.5. The predicted molar refractivity (Wildman–Crippen MR) is 115 cm³/mol. The van der Waals surface area contributed by atoms with Crippen molar-refractivity contribution in [3.63, 3.8) is 0 Å². The van der Waals surface area contributed by atoms with Gasteiger partial charge in [-0.1, -0.05) is 0 Å². The second kappa shape index (κ2) is 10.3. The molecule has 0 amide bonds. The molecule has 2 bridgehead atoms. The average Bonchev–Trinajstić information content (AvgIpc) is 3.28. The number of hydrogen-bond acceptors (Lipinski definition) is 5. The largest absolute Gasteiger partial charge is 0.497 e. The summed E-state index contributed by atoms with van der Waals surface area (Å²) in [5.41, 5.74) is 0.662. The van der Waals surface area contributed by atoms with E-state index in [9.17, 15) is 5.11 Å². The van der Waals surface area contributed by atoms with Crippen molar-refractivity contribution >= 4 is 29.9 Å². The number of rotatable bonds is 7. The summed E-state index contributed by atoms with van der Waals surface area (Å²) in [6, 6.07) is 5.66. The molecule has 4 atom stereocenters. The molecular weight excluding hydrogens is 461 g/mol. The fraction of sp³-hybridized carbons (Fsp3) is 0.632. The molecule has 2 aliphatic heterocycles. The van der Waals surface area contributed by atoms with E-state index in [-0.39, 0.29) is 42.7 Å². The van der Waals surface area contributed by atoms with Crippen LogP contribution in [0, 0.1) is 0 Å². The Labute approximate surface area is 177 Å². The Morgan fingerprint density at radius 3 is 2.74 bits per heavy atom. The van der Waals surface area contributed by atoms with E-state index in [4.69, 9.17) is 14.2 Å². The van der Waals surface area contributed by atoms with Gasteiger partial charge in [-0.25, -0.2) is 0 Å². The molecule has 2 saturated heterocycles. The molecule has 3 rings (SSSR count). The molecule has 0 saturated carbocycles. The van der Waals surface area contributed by atoms with E-state index in [1.165, 1.54) is 0 Å². The molecule has 0 spiro atoms. The molecule has 27 heavy (non-hydrogen) atoms. The van der Waals surface area contributed by atoms with Gasteiger partial charge in [-0.05, 0) is 44.4 Å². The van der Waals surface area contributed by atoms with Crippen molar-refractivity contribution in [2.24, 2.45) is 4.99 Å². The normalized spacial score (nSPS) is 24.9. The lowest BCUT2D eigenvalue weighted by Gasteiger charge is -2.23. The van der Waals surface area contributed by atoms with E-state index >= 15 is 0 Å². The monoisotopic (exact) mass is 491 g/mol. The van der Waals surface area contributed by atoms with Crippen molar-refractivity contribution in [3.8, 4) is 11.5 Å². The fourth-order valence-electron chi connectivity index (χ4n) is 3.66. The van der Waals surface area contributed by atoms with Gasteiger partial charge in [0, 0.05) is 12.1 Å². The van der Waals surface area contributed by atoms with Gasteiger partial charge in [-0.2, -0.15) is 0 Å². The van der Waals surface area contributed by atoms with Crippen LogP contribution in [-0.4, -0.2) is 56.6 Å². The van der Waals surface area contributed by atoms with Crippen molar-refractivity contribution < 1.29 is 19.3 Å². The number of methoxy groups -OCH3 is 2. The zero-order valence-electron chi connectivity index (χ0n) is 16.1. The van der Waals surface area contributed by atoms with Crippen molar-refractivity contribution in [2.75, 3.05) is 27.3 Å². The van der Waals surface area contributed by atoms with E-state index in [0.717, 1.165) is 25.8 Å². The molecule has 4 unspecified atom stereocenters. The summed E-state index contributed by atoms with van der Waals surface area (Å²) < 4.78 is 16.5. The lowest BCUT2D eigenvalue weighted by atomic mass is 9.96. The van der Waals surface area contributed by atoms with Gasteiger partial charge in [0.25, 0.3) is 0 Å². The standard InChI is InChI=1S/C19H29N3O4.HI/c1-4-20-19(22-15-10-13-6-8-18(15)26-13)21-11-16(23)14-9-12(24-2)5-7-17(14)25-3;/h5,7,9,13,15-16,18,23H,4,6,8,10-11H2,1-3H3,(H2,20,21,22);1H. The second-order valence-electron chi connectivity index (χ2n) is 6.70. The minimum atomic E-state index is -0.785. The van der Waals surface area contributed by atoms with Gasteiger partial charge < -0.3 is 30.0 Å². The summed E-state index contributed by atoms with van der Waals surface area (Å²) in [5.74, 6) is 2.00. The molecule has 0 radical (unpaired) electrons. The number of halogens is 1. The predicted octanol–water partition coefficient (Wildman–Crippen LogP) is 2.23. The van der Waals surface area contributed by atoms with Gasteiger partial charge >= 0.3 is 0 Å². The van der Waals surface area contributed by atoms with Crippen LogP contribution in [0.3, 0.4) is 0 Å². The summed E-state index contributed by atoms with van der Waals surface area (Å²) in [5, 5.41) is 17.3. The number of benzene rings is 1. The first kappa shape index (κ1) is 22.0. The van der Waals surface area contributed by atoms with Crippen molar-refractivity contribution in [1.29, 1.82) is 0 Å². The highest BCUT2D eigenvalue weighted by atomic mass is 127. The topological polar surface area (TPSA) is 84.3 Å². The average molecular weight is 491 g/mol. The summed E-state index contributed by atoms with van der Waals surface area (Å²) in [6.07, 6.45) is 3.14. The summed E-state index contributed by atoms with van der Waals surface area (Å²) >= 11 is 0. The number of ether oxygens (including phenoxy) is 3. The van der Waals surface area contributed by atoms with Crippen molar-refractivity contribution in [1.82, 2.24) is 10.6 Å². The Bertz CT molecular complexity index is 643. The number of aliphatic imine (C=N–C) groups is 1. The van der Waals surface area contributed by atoms with Gasteiger partial charge in [0.15, 0.2) is 5.96 Å². The fourth-order valence-corrected chi connectivity index (χ4v) is 3.66. The molecule has 8 heteroatoms. The van der Waals surface area contributed by atoms with Gasteiger partial charge in [0.05, 0.1) is 39.0 Å². The van der Waals surface area contributed by atoms with Crippen LogP contribution in [0.15, 0.2) is 23.2 Å². The van der Waals surface area contributed by atoms with Crippen LogP contribution in [-0.2, 0) is 4.74 Å². The molecular formula is C19H30IN3O4.